The molecule has 1 heterocycles. The maximum atomic E-state index is 5.53. The van der Waals surface area contributed by atoms with E-state index < -0.39 is 0 Å². The number of morpholine rings is 1. The molecule has 4 heteroatoms. The highest BCUT2D eigenvalue weighted by molar-refractivity contribution is 4.79. The summed E-state index contributed by atoms with van der Waals surface area (Å²) in [5, 5.41) is 3.55. The predicted octanol–water partition coefficient (Wildman–Crippen LogP) is 1.11. The summed E-state index contributed by atoms with van der Waals surface area (Å²) in [6.45, 7) is 10.1. The van der Waals surface area contributed by atoms with Crippen molar-refractivity contribution >= 4 is 0 Å². The Morgan fingerprint density at radius 1 is 1.47 bits per heavy atom. The van der Waals surface area contributed by atoms with Crippen LogP contribution in [0.25, 0.3) is 0 Å². The van der Waals surface area contributed by atoms with Crippen molar-refractivity contribution in [3.05, 3.63) is 0 Å². The van der Waals surface area contributed by atoms with E-state index in [2.05, 4.69) is 24.1 Å². The molecule has 2 unspecified atom stereocenters. The number of methoxy groups -OCH3 is 1. The number of ether oxygens (including phenoxy) is 2. The molecule has 1 aliphatic rings. The topological polar surface area (TPSA) is 33.7 Å². The van der Waals surface area contributed by atoms with E-state index in [-0.39, 0.29) is 0 Å². The fraction of sp³-hybridized carbons (Fsp3) is 1.00. The van der Waals surface area contributed by atoms with Crippen molar-refractivity contribution in [2.75, 3.05) is 46.6 Å². The average molecular weight is 244 g/mol. The molecule has 0 aliphatic carbocycles. The number of nitrogens with zero attached hydrogens (tertiary/aromatic N) is 1. The van der Waals surface area contributed by atoms with Crippen LogP contribution in [0.1, 0.15) is 26.7 Å². The molecule has 1 fully saturated rings. The van der Waals surface area contributed by atoms with Crippen LogP contribution in [0.15, 0.2) is 0 Å². The minimum atomic E-state index is 0.437. The van der Waals surface area contributed by atoms with Gasteiger partial charge in [-0.2, -0.15) is 0 Å². The smallest absolute Gasteiger partial charge is 0.0628 e. The van der Waals surface area contributed by atoms with Gasteiger partial charge in [-0.1, -0.05) is 13.8 Å². The van der Waals surface area contributed by atoms with Crippen LogP contribution in [-0.2, 0) is 9.47 Å². The molecule has 0 aromatic rings. The van der Waals surface area contributed by atoms with Gasteiger partial charge < -0.3 is 14.8 Å². The van der Waals surface area contributed by atoms with E-state index >= 15 is 0 Å². The maximum Gasteiger partial charge on any atom is 0.0628 e. The Kier molecular flexibility index (Phi) is 7.77. The van der Waals surface area contributed by atoms with Crippen LogP contribution in [0.3, 0.4) is 0 Å². The third-order valence-electron chi connectivity index (χ3n) is 3.33. The normalized spacial score (nSPS) is 23.8. The van der Waals surface area contributed by atoms with E-state index in [1.807, 2.05) is 0 Å². The SMILES string of the molecule is CCCNC(COC)CN1CCOCC1CC. The Labute approximate surface area is 106 Å². The van der Waals surface area contributed by atoms with Gasteiger partial charge in [-0.3, -0.25) is 4.90 Å². The first-order valence-corrected chi connectivity index (χ1v) is 6.85. The van der Waals surface area contributed by atoms with Crippen LogP contribution in [0.5, 0.6) is 0 Å². The summed E-state index contributed by atoms with van der Waals surface area (Å²) in [6.07, 6.45) is 2.33. The Morgan fingerprint density at radius 3 is 2.94 bits per heavy atom. The highest BCUT2D eigenvalue weighted by Crippen LogP contribution is 2.10. The van der Waals surface area contributed by atoms with E-state index in [1.54, 1.807) is 7.11 Å². The first-order valence-electron chi connectivity index (χ1n) is 6.85. The zero-order valence-corrected chi connectivity index (χ0v) is 11.6. The molecule has 0 saturated carbocycles. The fourth-order valence-electron chi connectivity index (χ4n) is 2.31. The molecule has 0 amide bonds. The fourth-order valence-corrected chi connectivity index (χ4v) is 2.31. The standard InChI is InChI=1S/C13H28N2O2/c1-4-6-14-12(10-16-3)9-15-7-8-17-11-13(15)5-2/h12-14H,4-11H2,1-3H3. The summed E-state index contributed by atoms with van der Waals surface area (Å²) in [6, 6.07) is 1.01. The van der Waals surface area contributed by atoms with Crippen LogP contribution < -0.4 is 5.32 Å². The molecule has 2 atom stereocenters. The van der Waals surface area contributed by atoms with Gasteiger partial charge in [0.25, 0.3) is 0 Å². The van der Waals surface area contributed by atoms with Gasteiger partial charge in [0.1, 0.15) is 0 Å². The minimum absolute atomic E-state index is 0.437. The second-order valence-electron chi connectivity index (χ2n) is 4.74. The lowest BCUT2D eigenvalue weighted by Crippen LogP contribution is -2.52. The summed E-state index contributed by atoms with van der Waals surface area (Å²) >= 11 is 0. The van der Waals surface area contributed by atoms with E-state index in [9.17, 15) is 0 Å². The summed E-state index contributed by atoms with van der Waals surface area (Å²) in [5.41, 5.74) is 0. The van der Waals surface area contributed by atoms with Crippen LogP contribution in [0.4, 0.5) is 0 Å². The van der Waals surface area contributed by atoms with Crippen LogP contribution >= 0.6 is 0 Å². The lowest BCUT2D eigenvalue weighted by molar-refractivity contribution is -0.0165. The molecular weight excluding hydrogens is 216 g/mol. The second-order valence-corrected chi connectivity index (χ2v) is 4.74. The van der Waals surface area contributed by atoms with Gasteiger partial charge >= 0.3 is 0 Å². The minimum Gasteiger partial charge on any atom is -0.383 e. The molecule has 1 N–H and O–H groups in total. The van der Waals surface area contributed by atoms with Crippen LogP contribution in [0, 0.1) is 0 Å². The summed E-state index contributed by atoms with van der Waals surface area (Å²) in [4.78, 5) is 2.54. The van der Waals surface area contributed by atoms with Crippen molar-refractivity contribution in [2.24, 2.45) is 0 Å². The molecule has 102 valence electrons. The number of hydrogen-bond acceptors (Lipinski definition) is 4. The van der Waals surface area contributed by atoms with E-state index in [4.69, 9.17) is 9.47 Å². The lowest BCUT2D eigenvalue weighted by atomic mass is 10.1. The number of rotatable bonds is 8. The Balaban J connectivity index is 2.39. The Morgan fingerprint density at radius 2 is 2.29 bits per heavy atom. The predicted molar refractivity (Wildman–Crippen MR) is 70.4 cm³/mol. The van der Waals surface area contributed by atoms with Crippen LogP contribution in [-0.4, -0.2) is 63.5 Å². The maximum absolute atomic E-state index is 5.53. The van der Waals surface area contributed by atoms with Crippen LogP contribution in [0.2, 0.25) is 0 Å². The van der Waals surface area contributed by atoms with Crippen molar-refractivity contribution < 1.29 is 9.47 Å². The van der Waals surface area contributed by atoms with Gasteiger partial charge in [0.2, 0.25) is 0 Å². The molecular formula is C13H28N2O2. The third kappa shape index (κ3) is 5.34. The van der Waals surface area contributed by atoms with E-state index in [0.29, 0.717) is 12.1 Å². The van der Waals surface area contributed by atoms with Gasteiger partial charge in [-0.25, -0.2) is 0 Å². The Hall–Kier alpha value is -0.160. The van der Waals surface area contributed by atoms with Gasteiger partial charge in [0.05, 0.1) is 19.8 Å². The summed E-state index contributed by atoms with van der Waals surface area (Å²) in [5.74, 6) is 0. The third-order valence-corrected chi connectivity index (χ3v) is 3.33. The van der Waals surface area contributed by atoms with Crippen molar-refractivity contribution in [2.45, 2.75) is 38.8 Å². The van der Waals surface area contributed by atoms with Gasteiger partial charge in [-0.15, -0.1) is 0 Å². The molecule has 0 aromatic heterocycles. The lowest BCUT2D eigenvalue weighted by Gasteiger charge is -2.37. The van der Waals surface area contributed by atoms with Crippen molar-refractivity contribution in [3.63, 3.8) is 0 Å². The highest BCUT2D eigenvalue weighted by atomic mass is 16.5. The number of hydrogen-bond donors (Lipinski definition) is 1. The van der Waals surface area contributed by atoms with Gasteiger partial charge in [0, 0.05) is 32.3 Å². The highest BCUT2D eigenvalue weighted by Gasteiger charge is 2.23. The Bertz CT molecular complexity index is 190. The molecule has 0 spiro atoms. The zero-order chi connectivity index (χ0) is 12.5. The van der Waals surface area contributed by atoms with E-state index in [1.165, 1.54) is 6.42 Å². The van der Waals surface area contributed by atoms with Crippen molar-refractivity contribution in [1.82, 2.24) is 10.2 Å². The molecule has 0 bridgehead atoms. The van der Waals surface area contributed by atoms with Gasteiger partial charge in [0.15, 0.2) is 0 Å². The first kappa shape index (κ1) is 14.9. The molecule has 1 saturated heterocycles. The first-order chi connectivity index (χ1) is 8.31. The summed E-state index contributed by atoms with van der Waals surface area (Å²) < 4.78 is 10.8. The molecule has 0 radical (unpaired) electrons. The van der Waals surface area contributed by atoms with E-state index in [0.717, 1.165) is 45.9 Å². The molecule has 4 nitrogen and oxygen atoms in total. The number of nitrogens with one attached hydrogen (secondary N) is 1. The second kappa shape index (κ2) is 8.86. The average Bonchev–Trinajstić information content (AvgIpc) is 2.37. The van der Waals surface area contributed by atoms with Crippen molar-refractivity contribution in [1.29, 1.82) is 0 Å². The molecule has 1 aliphatic heterocycles. The monoisotopic (exact) mass is 244 g/mol. The summed E-state index contributed by atoms with van der Waals surface area (Å²) in [7, 11) is 1.78. The van der Waals surface area contributed by atoms with Gasteiger partial charge in [-0.05, 0) is 19.4 Å². The molecule has 0 aromatic carbocycles. The van der Waals surface area contributed by atoms with Crippen molar-refractivity contribution in [3.8, 4) is 0 Å². The quantitative estimate of drug-likeness (QED) is 0.693. The molecule has 1 rings (SSSR count). The molecule has 17 heavy (non-hydrogen) atoms. The largest absolute Gasteiger partial charge is 0.383 e. The zero-order valence-electron chi connectivity index (χ0n) is 11.6.